The molecule has 0 aliphatic carbocycles. The number of piperidine rings is 1. The monoisotopic (exact) mass is 173 g/mol. The first-order valence-electron chi connectivity index (χ1n) is 4.96. The van der Waals surface area contributed by atoms with Crippen molar-refractivity contribution in [3.05, 3.63) is 0 Å². The number of hydrogen-bond donors (Lipinski definition) is 1. The van der Waals surface area contributed by atoms with Crippen LogP contribution in [0.4, 0.5) is 4.39 Å². The van der Waals surface area contributed by atoms with Gasteiger partial charge in [0.1, 0.15) is 5.67 Å². The van der Waals surface area contributed by atoms with Crippen LogP contribution in [0, 0.1) is 11.8 Å². The largest absolute Gasteiger partial charge is 0.314 e. The quantitative estimate of drug-likeness (QED) is 0.676. The summed E-state index contributed by atoms with van der Waals surface area (Å²) in [7, 11) is 0. The molecule has 2 atom stereocenters. The lowest BCUT2D eigenvalue weighted by Gasteiger charge is -2.37. The van der Waals surface area contributed by atoms with Gasteiger partial charge < -0.3 is 5.32 Å². The third-order valence-electron chi connectivity index (χ3n) is 3.18. The van der Waals surface area contributed by atoms with Gasteiger partial charge >= 0.3 is 0 Å². The van der Waals surface area contributed by atoms with Gasteiger partial charge in [0.05, 0.1) is 0 Å². The molecule has 0 bridgehead atoms. The second-order valence-corrected chi connectivity index (χ2v) is 4.35. The Balaban J connectivity index is 2.56. The summed E-state index contributed by atoms with van der Waals surface area (Å²) >= 11 is 0. The highest BCUT2D eigenvalue weighted by Crippen LogP contribution is 2.33. The lowest BCUT2D eigenvalue weighted by atomic mass is 9.78. The van der Waals surface area contributed by atoms with Gasteiger partial charge in [-0.15, -0.1) is 0 Å². The van der Waals surface area contributed by atoms with Crippen LogP contribution in [0.1, 0.15) is 33.6 Å². The molecule has 0 amide bonds. The third kappa shape index (κ3) is 1.98. The standard InChI is InChI=1S/C10H20FN/c1-8(2)9(3)10(11)5-4-6-12-7-10/h8-9,12H,4-7H2,1-3H3. The van der Waals surface area contributed by atoms with Crippen LogP contribution in [-0.4, -0.2) is 18.8 Å². The van der Waals surface area contributed by atoms with E-state index in [1.54, 1.807) is 0 Å². The molecule has 1 saturated heterocycles. The summed E-state index contributed by atoms with van der Waals surface area (Å²) in [5, 5.41) is 3.14. The summed E-state index contributed by atoms with van der Waals surface area (Å²) < 4.78 is 14.2. The molecule has 12 heavy (non-hydrogen) atoms. The first kappa shape index (κ1) is 9.97. The fourth-order valence-electron chi connectivity index (χ4n) is 1.88. The highest BCUT2D eigenvalue weighted by molar-refractivity contribution is 4.91. The van der Waals surface area contributed by atoms with E-state index in [0.717, 1.165) is 19.4 Å². The summed E-state index contributed by atoms with van der Waals surface area (Å²) in [6, 6.07) is 0. The smallest absolute Gasteiger partial charge is 0.126 e. The Bertz CT molecular complexity index is 139. The Morgan fingerprint density at radius 3 is 2.42 bits per heavy atom. The van der Waals surface area contributed by atoms with Gasteiger partial charge in [-0.2, -0.15) is 0 Å². The van der Waals surface area contributed by atoms with Gasteiger partial charge in [0, 0.05) is 6.54 Å². The zero-order valence-corrected chi connectivity index (χ0v) is 8.36. The summed E-state index contributed by atoms with van der Waals surface area (Å²) in [5.74, 6) is 0.611. The lowest BCUT2D eigenvalue weighted by Crippen LogP contribution is -2.48. The minimum absolute atomic E-state index is 0.172. The Kier molecular flexibility index (Phi) is 3.10. The zero-order chi connectivity index (χ0) is 9.19. The van der Waals surface area contributed by atoms with E-state index in [1.165, 1.54) is 0 Å². The minimum Gasteiger partial charge on any atom is -0.314 e. The molecule has 0 aromatic carbocycles. The van der Waals surface area contributed by atoms with Crippen molar-refractivity contribution in [3.8, 4) is 0 Å². The average Bonchev–Trinajstić information content (AvgIpc) is 2.04. The Hall–Kier alpha value is -0.110. The zero-order valence-electron chi connectivity index (χ0n) is 8.36. The molecule has 1 aliphatic heterocycles. The Labute approximate surface area is 74.7 Å². The van der Waals surface area contributed by atoms with Gasteiger partial charge in [0.25, 0.3) is 0 Å². The van der Waals surface area contributed by atoms with E-state index in [2.05, 4.69) is 19.2 Å². The van der Waals surface area contributed by atoms with E-state index in [0.29, 0.717) is 12.5 Å². The molecule has 1 fully saturated rings. The van der Waals surface area contributed by atoms with Crippen LogP contribution in [0.15, 0.2) is 0 Å². The van der Waals surface area contributed by atoms with E-state index in [9.17, 15) is 4.39 Å². The number of rotatable bonds is 2. The van der Waals surface area contributed by atoms with Gasteiger partial charge in [0.15, 0.2) is 0 Å². The van der Waals surface area contributed by atoms with Crippen molar-refractivity contribution in [1.29, 1.82) is 0 Å². The molecular weight excluding hydrogens is 153 g/mol. The molecule has 0 aromatic heterocycles. The number of hydrogen-bond acceptors (Lipinski definition) is 1. The van der Waals surface area contributed by atoms with Crippen LogP contribution in [-0.2, 0) is 0 Å². The number of halogens is 1. The first-order chi connectivity index (χ1) is 5.56. The van der Waals surface area contributed by atoms with E-state index >= 15 is 0 Å². The van der Waals surface area contributed by atoms with Crippen LogP contribution in [0.25, 0.3) is 0 Å². The predicted octanol–water partition coefficient (Wildman–Crippen LogP) is 2.37. The van der Waals surface area contributed by atoms with Crippen molar-refractivity contribution in [2.24, 2.45) is 11.8 Å². The van der Waals surface area contributed by atoms with Gasteiger partial charge in [-0.1, -0.05) is 20.8 Å². The van der Waals surface area contributed by atoms with Crippen LogP contribution >= 0.6 is 0 Å². The molecule has 0 aromatic rings. The first-order valence-corrected chi connectivity index (χ1v) is 4.96. The summed E-state index contributed by atoms with van der Waals surface area (Å²) in [6.45, 7) is 7.75. The summed E-state index contributed by atoms with van der Waals surface area (Å²) in [4.78, 5) is 0. The Morgan fingerprint density at radius 2 is 2.00 bits per heavy atom. The molecule has 1 nitrogen and oxygen atoms in total. The molecule has 1 heterocycles. The van der Waals surface area contributed by atoms with Gasteiger partial charge in [-0.05, 0) is 31.2 Å². The molecular formula is C10H20FN. The molecule has 0 saturated carbocycles. The molecule has 72 valence electrons. The van der Waals surface area contributed by atoms with Crippen molar-refractivity contribution >= 4 is 0 Å². The SMILES string of the molecule is CC(C)C(C)C1(F)CCCNC1. The predicted molar refractivity (Wildman–Crippen MR) is 49.9 cm³/mol. The molecule has 2 heteroatoms. The van der Waals surface area contributed by atoms with E-state index < -0.39 is 5.67 Å². The molecule has 1 aliphatic rings. The van der Waals surface area contributed by atoms with Gasteiger partial charge in [-0.3, -0.25) is 0 Å². The number of nitrogens with one attached hydrogen (secondary N) is 1. The van der Waals surface area contributed by atoms with Crippen molar-refractivity contribution in [3.63, 3.8) is 0 Å². The molecule has 0 spiro atoms. The highest BCUT2D eigenvalue weighted by Gasteiger charge is 2.38. The van der Waals surface area contributed by atoms with Crippen LogP contribution in [0.5, 0.6) is 0 Å². The van der Waals surface area contributed by atoms with E-state index in [-0.39, 0.29) is 5.92 Å². The van der Waals surface area contributed by atoms with Crippen LogP contribution < -0.4 is 5.32 Å². The normalized spacial score (nSPS) is 33.8. The topological polar surface area (TPSA) is 12.0 Å². The van der Waals surface area contributed by atoms with Gasteiger partial charge in [0.2, 0.25) is 0 Å². The van der Waals surface area contributed by atoms with Crippen molar-refractivity contribution in [2.75, 3.05) is 13.1 Å². The second-order valence-electron chi connectivity index (χ2n) is 4.35. The van der Waals surface area contributed by atoms with Crippen LogP contribution in [0.3, 0.4) is 0 Å². The summed E-state index contributed by atoms with van der Waals surface area (Å²) in [5.41, 5.74) is -0.952. The van der Waals surface area contributed by atoms with E-state index in [1.807, 2.05) is 6.92 Å². The summed E-state index contributed by atoms with van der Waals surface area (Å²) in [6.07, 6.45) is 1.72. The molecule has 0 radical (unpaired) electrons. The average molecular weight is 173 g/mol. The maximum atomic E-state index is 14.2. The minimum atomic E-state index is -0.952. The second kappa shape index (κ2) is 3.73. The fraction of sp³-hybridized carbons (Fsp3) is 1.00. The molecule has 1 N–H and O–H groups in total. The lowest BCUT2D eigenvalue weighted by molar-refractivity contribution is 0.0373. The Morgan fingerprint density at radius 1 is 1.33 bits per heavy atom. The van der Waals surface area contributed by atoms with Crippen molar-refractivity contribution in [1.82, 2.24) is 5.32 Å². The van der Waals surface area contributed by atoms with Gasteiger partial charge in [-0.25, -0.2) is 4.39 Å². The molecule has 1 rings (SSSR count). The van der Waals surface area contributed by atoms with Crippen molar-refractivity contribution in [2.45, 2.75) is 39.3 Å². The maximum absolute atomic E-state index is 14.2. The fourth-order valence-corrected chi connectivity index (χ4v) is 1.88. The third-order valence-corrected chi connectivity index (χ3v) is 3.18. The maximum Gasteiger partial charge on any atom is 0.126 e. The number of alkyl halides is 1. The highest BCUT2D eigenvalue weighted by atomic mass is 19.1. The van der Waals surface area contributed by atoms with Crippen molar-refractivity contribution < 1.29 is 4.39 Å². The van der Waals surface area contributed by atoms with Crippen LogP contribution in [0.2, 0.25) is 0 Å². The van der Waals surface area contributed by atoms with E-state index in [4.69, 9.17) is 0 Å². The molecule has 2 unspecified atom stereocenters.